The van der Waals surface area contributed by atoms with E-state index >= 15 is 0 Å². The first kappa shape index (κ1) is 15.1. The minimum absolute atomic E-state index is 0.148. The van der Waals surface area contributed by atoms with Crippen LogP contribution in [0.2, 0.25) is 0 Å². The molecular formula is C13H22N2O2S. The van der Waals surface area contributed by atoms with Crippen molar-refractivity contribution in [3.63, 3.8) is 0 Å². The van der Waals surface area contributed by atoms with Crippen molar-refractivity contribution < 1.29 is 8.42 Å². The van der Waals surface area contributed by atoms with Crippen LogP contribution in [0.25, 0.3) is 0 Å². The van der Waals surface area contributed by atoms with Gasteiger partial charge in [0.15, 0.2) is 0 Å². The zero-order chi connectivity index (χ0) is 13.9. The Balaban J connectivity index is 2.80. The standard InChI is InChI=1S/C13H22N2O2S/c1-9(2)10(3)15-11(4)12-5-7-13(8-6-12)18(14,16)17/h5-11,15H,1-4H3,(H2,14,16,17). The van der Waals surface area contributed by atoms with Crippen molar-refractivity contribution in [2.75, 3.05) is 0 Å². The van der Waals surface area contributed by atoms with E-state index in [1.807, 2.05) is 0 Å². The molecule has 0 saturated heterocycles. The van der Waals surface area contributed by atoms with Crippen LogP contribution in [0.15, 0.2) is 29.2 Å². The maximum absolute atomic E-state index is 11.1. The van der Waals surface area contributed by atoms with Crippen molar-refractivity contribution in [2.24, 2.45) is 11.1 Å². The lowest BCUT2D eigenvalue weighted by atomic mass is 10.0. The smallest absolute Gasteiger partial charge is 0.238 e. The van der Waals surface area contributed by atoms with Crippen molar-refractivity contribution in [2.45, 2.75) is 44.7 Å². The van der Waals surface area contributed by atoms with Crippen molar-refractivity contribution in [3.05, 3.63) is 29.8 Å². The number of rotatable bonds is 5. The van der Waals surface area contributed by atoms with Gasteiger partial charge in [-0.3, -0.25) is 0 Å². The summed E-state index contributed by atoms with van der Waals surface area (Å²) in [4.78, 5) is 0.148. The van der Waals surface area contributed by atoms with Crippen LogP contribution in [0.3, 0.4) is 0 Å². The summed E-state index contributed by atoms with van der Waals surface area (Å²) in [5.74, 6) is 0.552. The Hall–Kier alpha value is -0.910. The third-order valence-corrected chi connectivity index (χ3v) is 4.15. The summed E-state index contributed by atoms with van der Waals surface area (Å²) in [7, 11) is -3.60. The van der Waals surface area contributed by atoms with Crippen molar-refractivity contribution in [1.82, 2.24) is 5.32 Å². The fraction of sp³-hybridized carbons (Fsp3) is 0.538. The van der Waals surface area contributed by atoms with Crippen LogP contribution in [0.4, 0.5) is 0 Å². The minimum Gasteiger partial charge on any atom is -0.307 e. The zero-order valence-corrected chi connectivity index (χ0v) is 12.2. The van der Waals surface area contributed by atoms with Gasteiger partial charge in [0.1, 0.15) is 0 Å². The number of primary sulfonamides is 1. The van der Waals surface area contributed by atoms with Gasteiger partial charge in [-0.15, -0.1) is 0 Å². The maximum Gasteiger partial charge on any atom is 0.238 e. The first-order valence-electron chi connectivity index (χ1n) is 6.10. The molecule has 1 rings (SSSR count). The van der Waals surface area contributed by atoms with Crippen LogP contribution in [0.5, 0.6) is 0 Å². The summed E-state index contributed by atoms with van der Waals surface area (Å²) < 4.78 is 22.3. The summed E-state index contributed by atoms with van der Waals surface area (Å²) in [5.41, 5.74) is 1.05. The molecular weight excluding hydrogens is 248 g/mol. The van der Waals surface area contributed by atoms with Gasteiger partial charge in [-0.2, -0.15) is 0 Å². The molecule has 0 aliphatic heterocycles. The van der Waals surface area contributed by atoms with E-state index in [2.05, 4.69) is 33.0 Å². The molecule has 0 fully saturated rings. The van der Waals surface area contributed by atoms with Gasteiger partial charge < -0.3 is 5.32 Å². The number of hydrogen-bond acceptors (Lipinski definition) is 3. The molecule has 0 bridgehead atoms. The third-order valence-electron chi connectivity index (χ3n) is 3.22. The molecule has 102 valence electrons. The SMILES string of the molecule is CC(NC(C)C(C)C)c1ccc(S(N)(=O)=O)cc1. The van der Waals surface area contributed by atoms with Crippen LogP contribution in [0, 0.1) is 5.92 Å². The van der Waals surface area contributed by atoms with Gasteiger partial charge >= 0.3 is 0 Å². The highest BCUT2D eigenvalue weighted by Crippen LogP contribution is 2.17. The molecule has 0 aliphatic carbocycles. The van der Waals surface area contributed by atoms with Crippen LogP contribution in [0.1, 0.15) is 39.3 Å². The number of sulfonamides is 1. The van der Waals surface area contributed by atoms with E-state index in [1.54, 1.807) is 24.3 Å². The average molecular weight is 270 g/mol. The predicted octanol–water partition coefficient (Wildman–Crippen LogP) is 2.03. The van der Waals surface area contributed by atoms with E-state index in [4.69, 9.17) is 5.14 Å². The fourth-order valence-corrected chi connectivity index (χ4v) is 2.14. The van der Waals surface area contributed by atoms with Gasteiger partial charge in [0.05, 0.1) is 4.90 Å². The molecule has 0 spiro atoms. The molecule has 2 unspecified atom stereocenters. The highest BCUT2D eigenvalue weighted by Gasteiger charge is 2.13. The third kappa shape index (κ3) is 4.08. The molecule has 3 N–H and O–H groups in total. The second kappa shape index (κ2) is 5.82. The summed E-state index contributed by atoms with van der Waals surface area (Å²) in [5, 5.41) is 8.53. The molecule has 0 heterocycles. The van der Waals surface area contributed by atoms with E-state index in [0.717, 1.165) is 5.56 Å². The molecule has 0 amide bonds. The fourth-order valence-electron chi connectivity index (χ4n) is 1.63. The zero-order valence-electron chi connectivity index (χ0n) is 11.3. The molecule has 18 heavy (non-hydrogen) atoms. The van der Waals surface area contributed by atoms with Crippen molar-refractivity contribution >= 4 is 10.0 Å². The van der Waals surface area contributed by atoms with Crippen LogP contribution >= 0.6 is 0 Å². The monoisotopic (exact) mass is 270 g/mol. The lowest BCUT2D eigenvalue weighted by molar-refractivity contribution is 0.389. The Labute approximate surface area is 110 Å². The highest BCUT2D eigenvalue weighted by molar-refractivity contribution is 7.89. The first-order valence-corrected chi connectivity index (χ1v) is 7.65. The van der Waals surface area contributed by atoms with E-state index in [-0.39, 0.29) is 10.9 Å². The highest BCUT2D eigenvalue weighted by atomic mass is 32.2. The topological polar surface area (TPSA) is 72.2 Å². The lowest BCUT2D eigenvalue weighted by Gasteiger charge is -2.23. The number of benzene rings is 1. The molecule has 5 heteroatoms. The molecule has 1 aromatic rings. The molecule has 0 saturated carbocycles. The maximum atomic E-state index is 11.1. The summed E-state index contributed by atoms with van der Waals surface area (Å²) >= 11 is 0. The largest absolute Gasteiger partial charge is 0.307 e. The predicted molar refractivity (Wildman–Crippen MR) is 73.7 cm³/mol. The Kier molecular flexibility index (Phi) is 4.90. The van der Waals surface area contributed by atoms with E-state index in [0.29, 0.717) is 12.0 Å². The molecule has 4 nitrogen and oxygen atoms in total. The normalized spacial score (nSPS) is 15.7. The number of nitrogens with one attached hydrogen (secondary N) is 1. The van der Waals surface area contributed by atoms with Gasteiger partial charge in [0.25, 0.3) is 0 Å². The van der Waals surface area contributed by atoms with Gasteiger partial charge in [0.2, 0.25) is 10.0 Å². The number of nitrogens with two attached hydrogens (primary N) is 1. The molecule has 2 atom stereocenters. The van der Waals surface area contributed by atoms with Gasteiger partial charge in [-0.25, -0.2) is 13.6 Å². The second-order valence-corrected chi connectivity index (χ2v) is 6.60. The quantitative estimate of drug-likeness (QED) is 0.860. The summed E-state index contributed by atoms with van der Waals surface area (Å²) in [6, 6.07) is 7.26. The van der Waals surface area contributed by atoms with E-state index < -0.39 is 10.0 Å². The second-order valence-electron chi connectivity index (χ2n) is 5.04. The molecule has 0 aromatic heterocycles. The van der Waals surface area contributed by atoms with E-state index in [9.17, 15) is 8.42 Å². The Morgan fingerprint density at radius 2 is 1.56 bits per heavy atom. The minimum atomic E-state index is -3.60. The summed E-state index contributed by atoms with van der Waals surface area (Å²) in [6.45, 7) is 8.52. The lowest BCUT2D eigenvalue weighted by Crippen LogP contribution is -2.33. The van der Waals surface area contributed by atoms with Crippen LogP contribution in [-0.4, -0.2) is 14.5 Å². The van der Waals surface area contributed by atoms with E-state index in [1.165, 1.54) is 0 Å². The number of hydrogen-bond donors (Lipinski definition) is 2. The van der Waals surface area contributed by atoms with Gasteiger partial charge in [-0.1, -0.05) is 26.0 Å². The van der Waals surface area contributed by atoms with Crippen molar-refractivity contribution in [1.29, 1.82) is 0 Å². The Morgan fingerprint density at radius 1 is 1.06 bits per heavy atom. The van der Waals surface area contributed by atoms with Gasteiger partial charge in [-0.05, 0) is 37.5 Å². The average Bonchev–Trinajstić information content (AvgIpc) is 2.27. The van der Waals surface area contributed by atoms with Gasteiger partial charge in [0, 0.05) is 12.1 Å². The van der Waals surface area contributed by atoms with Crippen LogP contribution in [-0.2, 0) is 10.0 Å². The Bertz CT molecular complexity index is 480. The first-order chi connectivity index (χ1) is 8.21. The molecule has 0 radical (unpaired) electrons. The van der Waals surface area contributed by atoms with Crippen molar-refractivity contribution in [3.8, 4) is 0 Å². The molecule has 1 aromatic carbocycles. The molecule has 0 aliphatic rings. The van der Waals surface area contributed by atoms with Crippen LogP contribution < -0.4 is 10.5 Å². The summed E-state index contributed by atoms with van der Waals surface area (Å²) in [6.07, 6.45) is 0. The Morgan fingerprint density at radius 3 is 1.94 bits per heavy atom.